The lowest BCUT2D eigenvalue weighted by Gasteiger charge is -2.02. The lowest BCUT2D eigenvalue weighted by molar-refractivity contribution is 0.634. The van der Waals surface area contributed by atoms with Crippen LogP contribution in [0.1, 0.15) is 5.69 Å². The zero-order valence-electron chi connectivity index (χ0n) is 7.21. The molecule has 2 nitrogen and oxygen atoms in total. The zero-order valence-corrected chi connectivity index (χ0v) is 7.21. The van der Waals surface area contributed by atoms with Crippen molar-refractivity contribution in [3.63, 3.8) is 0 Å². The Bertz CT molecular complexity index is 460. The van der Waals surface area contributed by atoms with Crippen molar-refractivity contribution in [2.75, 3.05) is 5.73 Å². The third-order valence-electron chi connectivity index (χ3n) is 1.99. The van der Waals surface area contributed by atoms with E-state index in [0.717, 1.165) is 11.1 Å². The van der Waals surface area contributed by atoms with E-state index >= 15 is 0 Å². The van der Waals surface area contributed by atoms with Gasteiger partial charge in [0.2, 0.25) is 0 Å². The summed E-state index contributed by atoms with van der Waals surface area (Å²) in [7, 11) is 0. The fourth-order valence-corrected chi connectivity index (χ4v) is 1.28. The molecule has 0 bridgehead atoms. The maximum absolute atomic E-state index is 13.0. The highest BCUT2D eigenvalue weighted by Crippen LogP contribution is 2.21. The number of benzene rings is 1. The predicted octanol–water partition coefficient (Wildman–Crippen LogP) is 2.26. The van der Waals surface area contributed by atoms with Gasteiger partial charge in [-0.3, -0.25) is 4.98 Å². The minimum absolute atomic E-state index is 0.126. The van der Waals surface area contributed by atoms with Gasteiger partial charge in [-0.15, -0.1) is 0 Å². The molecular weight excluding hydrogens is 167 g/mol. The van der Waals surface area contributed by atoms with Gasteiger partial charge in [0, 0.05) is 11.1 Å². The van der Waals surface area contributed by atoms with Gasteiger partial charge >= 0.3 is 0 Å². The summed E-state index contributed by atoms with van der Waals surface area (Å²) in [6, 6.07) is 6.79. The number of pyridine rings is 1. The zero-order chi connectivity index (χ0) is 9.42. The van der Waals surface area contributed by atoms with Crippen molar-refractivity contribution in [2.45, 2.75) is 6.92 Å². The Morgan fingerprint density at radius 3 is 2.69 bits per heavy atom. The molecule has 13 heavy (non-hydrogen) atoms. The molecule has 1 heterocycles. The van der Waals surface area contributed by atoms with Gasteiger partial charge in [-0.2, -0.15) is 0 Å². The molecule has 0 atom stereocenters. The second-order valence-electron chi connectivity index (χ2n) is 2.99. The van der Waals surface area contributed by atoms with E-state index < -0.39 is 5.82 Å². The summed E-state index contributed by atoms with van der Waals surface area (Å²) in [6.45, 7) is 1.85. The number of halogens is 1. The number of nitrogens with zero attached hydrogens (tertiary/aromatic N) is 1. The number of aromatic nitrogens is 1. The normalized spacial score (nSPS) is 10.6. The van der Waals surface area contributed by atoms with E-state index in [4.69, 9.17) is 5.73 Å². The van der Waals surface area contributed by atoms with Crippen molar-refractivity contribution in [2.24, 2.45) is 0 Å². The average Bonchev–Trinajstić information content (AvgIpc) is 2.12. The average molecular weight is 176 g/mol. The monoisotopic (exact) mass is 176 g/mol. The largest absolute Gasteiger partial charge is 0.395 e. The Morgan fingerprint density at radius 2 is 1.92 bits per heavy atom. The molecule has 0 radical (unpaired) electrons. The smallest absolute Gasteiger partial charge is 0.148 e. The summed E-state index contributed by atoms with van der Waals surface area (Å²) < 4.78 is 13.0. The minimum Gasteiger partial charge on any atom is -0.395 e. The molecule has 0 aliphatic rings. The minimum atomic E-state index is -0.411. The fourth-order valence-electron chi connectivity index (χ4n) is 1.28. The van der Waals surface area contributed by atoms with Crippen molar-refractivity contribution in [1.82, 2.24) is 4.98 Å². The van der Waals surface area contributed by atoms with Crippen LogP contribution >= 0.6 is 0 Å². The second-order valence-corrected chi connectivity index (χ2v) is 2.99. The third-order valence-corrected chi connectivity index (χ3v) is 1.99. The molecule has 0 aliphatic heterocycles. The van der Waals surface area contributed by atoms with Crippen LogP contribution in [0.4, 0.5) is 10.1 Å². The number of fused-ring (bicyclic) bond motifs is 1. The number of nitrogens with two attached hydrogens (primary N) is 1. The summed E-state index contributed by atoms with van der Waals surface area (Å²) in [5.41, 5.74) is 7.06. The summed E-state index contributed by atoms with van der Waals surface area (Å²) in [4.78, 5) is 4.17. The van der Waals surface area contributed by atoms with Crippen LogP contribution in [0.15, 0.2) is 24.3 Å². The van der Waals surface area contributed by atoms with Gasteiger partial charge in [0.1, 0.15) is 5.82 Å². The SMILES string of the molecule is Cc1ccc2ccc(F)c(N)c2n1. The molecule has 66 valence electrons. The van der Waals surface area contributed by atoms with E-state index in [1.165, 1.54) is 6.07 Å². The van der Waals surface area contributed by atoms with Crippen LogP contribution in [-0.2, 0) is 0 Å². The van der Waals surface area contributed by atoms with Crippen LogP contribution in [-0.4, -0.2) is 4.98 Å². The number of rotatable bonds is 0. The fraction of sp³-hybridized carbons (Fsp3) is 0.100. The Hall–Kier alpha value is -1.64. The van der Waals surface area contributed by atoms with Crippen LogP contribution in [0.25, 0.3) is 10.9 Å². The first-order valence-corrected chi connectivity index (χ1v) is 4.00. The predicted molar refractivity (Wildman–Crippen MR) is 50.9 cm³/mol. The molecule has 1 aromatic heterocycles. The van der Waals surface area contributed by atoms with Crippen molar-refractivity contribution in [3.05, 3.63) is 35.8 Å². The molecular formula is C10H9FN2. The molecule has 0 aliphatic carbocycles. The summed E-state index contributed by atoms with van der Waals surface area (Å²) in [6.07, 6.45) is 0. The molecule has 1 aromatic carbocycles. The highest BCUT2D eigenvalue weighted by molar-refractivity contribution is 5.89. The molecule has 2 N–H and O–H groups in total. The Kier molecular flexibility index (Phi) is 1.65. The highest BCUT2D eigenvalue weighted by atomic mass is 19.1. The van der Waals surface area contributed by atoms with Gasteiger partial charge in [0.15, 0.2) is 0 Å². The summed E-state index contributed by atoms with van der Waals surface area (Å²) >= 11 is 0. The molecule has 3 heteroatoms. The van der Waals surface area contributed by atoms with Gasteiger partial charge in [-0.25, -0.2) is 4.39 Å². The first-order chi connectivity index (χ1) is 6.18. The number of anilines is 1. The Balaban J connectivity index is 2.89. The number of aryl methyl sites for hydroxylation is 1. The van der Waals surface area contributed by atoms with E-state index in [1.807, 2.05) is 19.1 Å². The second kappa shape index (κ2) is 2.69. The van der Waals surface area contributed by atoms with Gasteiger partial charge in [-0.05, 0) is 25.1 Å². The van der Waals surface area contributed by atoms with Gasteiger partial charge < -0.3 is 5.73 Å². The molecule has 2 rings (SSSR count). The maximum Gasteiger partial charge on any atom is 0.148 e. The van der Waals surface area contributed by atoms with Crippen LogP contribution in [0.3, 0.4) is 0 Å². The van der Waals surface area contributed by atoms with Gasteiger partial charge in [0.25, 0.3) is 0 Å². The van der Waals surface area contributed by atoms with E-state index in [2.05, 4.69) is 4.98 Å². The topological polar surface area (TPSA) is 38.9 Å². The lowest BCUT2D eigenvalue weighted by atomic mass is 10.2. The molecule has 0 amide bonds. The molecule has 0 unspecified atom stereocenters. The first-order valence-electron chi connectivity index (χ1n) is 4.00. The van der Waals surface area contributed by atoms with E-state index in [1.54, 1.807) is 6.07 Å². The van der Waals surface area contributed by atoms with Crippen LogP contribution in [0.2, 0.25) is 0 Å². The maximum atomic E-state index is 13.0. The first kappa shape index (κ1) is 7.98. The molecule has 0 fully saturated rings. The molecule has 0 saturated carbocycles. The highest BCUT2D eigenvalue weighted by Gasteiger charge is 2.04. The van der Waals surface area contributed by atoms with Crippen molar-refractivity contribution in [3.8, 4) is 0 Å². The third kappa shape index (κ3) is 1.22. The number of hydrogen-bond donors (Lipinski definition) is 1. The van der Waals surface area contributed by atoms with Crippen LogP contribution in [0.5, 0.6) is 0 Å². The van der Waals surface area contributed by atoms with Crippen molar-refractivity contribution in [1.29, 1.82) is 0 Å². The van der Waals surface area contributed by atoms with Crippen molar-refractivity contribution >= 4 is 16.6 Å². The molecule has 2 aromatic rings. The number of hydrogen-bond acceptors (Lipinski definition) is 2. The van der Waals surface area contributed by atoms with E-state index in [-0.39, 0.29) is 5.69 Å². The van der Waals surface area contributed by atoms with Crippen molar-refractivity contribution < 1.29 is 4.39 Å². The summed E-state index contributed by atoms with van der Waals surface area (Å²) in [5, 5.41) is 0.865. The van der Waals surface area contributed by atoms with Crippen LogP contribution in [0, 0.1) is 12.7 Å². The van der Waals surface area contributed by atoms with Crippen LogP contribution < -0.4 is 5.73 Å². The van der Waals surface area contributed by atoms with E-state index in [9.17, 15) is 4.39 Å². The summed E-state index contributed by atoms with van der Waals surface area (Å²) in [5.74, 6) is -0.411. The van der Waals surface area contributed by atoms with E-state index in [0.29, 0.717) is 5.52 Å². The molecule has 0 saturated heterocycles. The Morgan fingerprint density at radius 1 is 1.23 bits per heavy atom. The molecule has 0 spiro atoms. The quantitative estimate of drug-likeness (QED) is 0.625. The Labute approximate surface area is 75.2 Å². The number of nitrogen functional groups attached to an aromatic ring is 1. The lowest BCUT2D eigenvalue weighted by Crippen LogP contribution is -1.94. The standard InChI is InChI=1S/C10H9FN2/c1-6-2-3-7-4-5-8(11)9(12)10(7)13-6/h2-5H,12H2,1H3. The van der Waals surface area contributed by atoms with Gasteiger partial charge in [0.05, 0.1) is 11.2 Å². The van der Waals surface area contributed by atoms with Gasteiger partial charge in [-0.1, -0.05) is 6.07 Å².